The number of allylic oxidation sites excluding steroid dienone is 1. The first-order valence-corrected chi connectivity index (χ1v) is 9.56. The van der Waals surface area contributed by atoms with Crippen LogP contribution in [0.4, 0.5) is 17.1 Å². The second-order valence-corrected chi connectivity index (χ2v) is 6.92. The smallest absolute Gasteiger partial charge is 0.0723 e. The topological polar surface area (TPSA) is 42.2 Å². The van der Waals surface area contributed by atoms with E-state index in [-0.39, 0.29) is 0 Å². The van der Waals surface area contributed by atoms with Crippen LogP contribution < -0.4 is 21.1 Å². The molecule has 1 aromatic heterocycles. The maximum Gasteiger partial charge on any atom is 0.0723 e. The van der Waals surface area contributed by atoms with Gasteiger partial charge in [-0.3, -0.25) is 4.98 Å². The van der Waals surface area contributed by atoms with Gasteiger partial charge in [-0.2, -0.15) is 0 Å². The lowest BCUT2D eigenvalue weighted by molar-refractivity contribution is 1.26. The second-order valence-electron chi connectivity index (χ2n) is 6.92. The Morgan fingerprint density at radius 2 is 1.66 bits per heavy atom. The van der Waals surface area contributed by atoms with Crippen LogP contribution in [0, 0.1) is 6.92 Å². The van der Waals surface area contributed by atoms with Crippen LogP contribution in [0.2, 0.25) is 0 Å². The minimum atomic E-state index is 0.941. The molecule has 0 saturated heterocycles. The largest absolute Gasteiger partial charge is 0.405 e. The average molecular weight is 377 g/mol. The van der Waals surface area contributed by atoms with E-state index < -0.39 is 0 Å². The molecule has 3 aromatic carbocycles. The third kappa shape index (κ3) is 3.63. The van der Waals surface area contributed by atoms with E-state index in [9.17, 15) is 0 Å². The molecule has 142 valence electrons. The molecule has 4 aromatic rings. The molecule has 3 nitrogen and oxygen atoms in total. The highest BCUT2D eigenvalue weighted by molar-refractivity contribution is 5.97. The van der Waals surface area contributed by atoms with Crippen molar-refractivity contribution in [1.82, 2.24) is 4.98 Å². The molecule has 1 heterocycles. The molecule has 0 saturated carbocycles. The summed E-state index contributed by atoms with van der Waals surface area (Å²) >= 11 is 0. The van der Waals surface area contributed by atoms with Crippen LogP contribution in [-0.4, -0.2) is 4.98 Å². The van der Waals surface area contributed by atoms with E-state index in [4.69, 9.17) is 5.73 Å². The summed E-state index contributed by atoms with van der Waals surface area (Å²) in [5.41, 5.74) is 11.0. The van der Waals surface area contributed by atoms with Crippen molar-refractivity contribution < 1.29 is 0 Å². The number of rotatable bonds is 4. The SMILES string of the molecule is C=c1cccc(N(c2ccc(C)cc2)c2cccc3ncccc23)/c1=C/C=C\N. The van der Waals surface area contributed by atoms with E-state index in [0.29, 0.717) is 0 Å². The first-order valence-electron chi connectivity index (χ1n) is 9.56. The third-order valence-electron chi connectivity index (χ3n) is 4.94. The fraction of sp³-hybridized carbons (Fsp3) is 0.0385. The molecule has 0 aliphatic carbocycles. The van der Waals surface area contributed by atoms with Crippen molar-refractivity contribution in [2.24, 2.45) is 5.73 Å². The van der Waals surface area contributed by atoms with Crippen LogP contribution in [0.3, 0.4) is 0 Å². The molecule has 29 heavy (non-hydrogen) atoms. The number of benzene rings is 3. The quantitative estimate of drug-likeness (QED) is 0.562. The molecule has 0 spiro atoms. The summed E-state index contributed by atoms with van der Waals surface area (Å²) in [6.45, 7) is 6.33. The van der Waals surface area contributed by atoms with Crippen LogP contribution in [0.1, 0.15) is 5.56 Å². The predicted molar refractivity (Wildman–Crippen MR) is 124 cm³/mol. The van der Waals surface area contributed by atoms with Crippen LogP contribution in [-0.2, 0) is 0 Å². The van der Waals surface area contributed by atoms with Crippen LogP contribution in [0.5, 0.6) is 0 Å². The normalized spacial score (nSPS) is 12.0. The van der Waals surface area contributed by atoms with Gasteiger partial charge in [-0.1, -0.05) is 48.6 Å². The first kappa shape index (κ1) is 18.5. The van der Waals surface area contributed by atoms with Gasteiger partial charge in [0.1, 0.15) is 0 Å². The zero-order valence-corrected chi connectivity index (χ0v) is 16.4. The van der Waals surface area contributed by atoms with Gasteiger partial charge in [-0.05, 0) is 66.9 Å². The Morgan fingerprint density at radius 3 is 2.45 bits per heavy atom. The minimum Gasteiger partial charge on any atom is -0.405 e. The number of nitrogens with zero attached hydrogens (tertiary/aromatic N) is 2. The summed E-state index contributed by atoms with van der Waals surface area (Å²) in [7, 11) is 0. The fourth-order valence-electron chi connectivity index (χ4n) is 3.52. The lowest BCUT2D eigenvalue weighted by Gasteiger charge is -2.27. The van der Waals surface area contributed by atoms with Gasteiger partial charge in [0.05, 0.1) is 16.9 Å². The Morgan fingerprint density at radius 1 is 0.897 bits per heavy atom. The van der Waals surface area contributed by atoms with Gasteiger partial charge in [-0.15, -0.1) is 0 Å². The Hall–Kier alpha value is -3.85. The van der Waals surface area contributed by atoms with Gasteiger partial charge in [0.25, 0.3) is 0 Å². The predicted octanol–water partition coefficient (Wildman–Crippen LogP) is 4.68. The average Bonchev–Trinajstić information content (AvgIpc) is 2.75. The van der Waals surface area contributed by atoms with Crippen molar-refractivity contribution >= 4 is 40.6 Å². The number of hydrogen-bond donors (Lipinski definition) is 1. The molecule has 3 heteroatoms. The van der Waals surface area contributed by atoms with E-state index in [1.54, 1.807) is 0 Å². The molecule has 0 radical (unpaired) electrons. The highest BCUT2D eigenvalue weighted by Crippen LogP contribution is 2.36. The zero-order chi connectivity index (χ0) is 20.2. The number of aromatic nitrogens is 1. The molecule has 4 rings (SSSR count). The van der Waals surface area contributed by atoms with Crippen molar-refractivity contribution in [3.05, 3.63) is 107 Å². The number of anilines is 3. The first-order chi connectivity index (χ1) is 14.2. The lowest BCUT2D eigenvalue weighted by Crippen LogP contribution is -2.29. The molecular formula is C26H23N3. The molecule has 0 bridgehead atoms. The highest BCUT2D eigenvalue weighted by Gasteiger charge is 2.16. The maximum atomic E-state index is 5.61. The summed E-state index contributed by atoms with van der Waals surface area (Å²) < 4.78 is 0. The molecule has 0 fully saturated rings. The van der Waals surface area contributed by atoms with E-state index in [1.165, 1.54) is 11.8 Å². The number of pyridine rings is 1. The van der Waals surface area contributed by atoms with Gasteiger partial charge >= 0.3 is 0 Å². The summed E-state index contributed by atoms with van der Waals surface area (Å²) in [5, 5.41) is 3.05. The zero-order valence-electron chi connectivity index (χ0n) is 16.4. The van der Waals surface area contributed by atoms with Crippen molar-refractivity contribution in [3.63, 3.8) is 0 Å². The Bertz CT molecular complexity index is 1280. The Kier molecular flexibility index (Phi) is 5.12. The number of hydrogen-bond acceptors (Lipinski definition) is 3. The number of aryl methyl sites for hydroxylation is 1. The van der Waals surface area contributed by atoms with Crippen molar-refractivity contribution in [1.29, 1.82) is 0 Å². The van der Waals surface area contributed by atoms with E-state index in [0.717, 1.165) is 38.4 Å². The molecule has 0 unspecified atom stereocenters. The molecule has 0 atom stereocenters. The second kappa shape index (κ2) is 8.03. The van der Waals surface area contributed by atoms with E-state index >= 15 is 0 Å². The summed E-state index contributed by atoms with van der Waals surface area (Å²) in [6, 6.07) is 25.0. The van der Waals surface area contributed by atoms with Crippen LogP contribution in [0.15, 0.2) is 91.3 Å². The molecular weight excluding hydrogens is 354 g/mol. The van der Waals surface area contributed by atoms with Gasteiger partial charge < -0.3 is 10.6 Å². The van der Waals surface area contributed by atoms with Gasteiger partial charge in [-0.25, -0.2) is 0 Å². The van der Waals surface area contributed by atoms with E-state index in [2.05, 4.69) is 65.9 Å². The highest BCUT2D eigenvalue weighted by atomic mass is 15.1. The van der Waals surface area contributed by atoms with E-state index in [1.807, 2.05) is 48.7 Å². The van der Waals surface area contributed by atoms with Gasteiger partial charge in [0.2, 0.25) is 0 Å². The lowest BCUT2D eigenvalue weighted by atomic mass is 10.1. The molecule has 0 aliphatic rings. The summed E-state index contributed by atoms with van der Waals surface area (Å²) in [6.07, 6.45) is 7.20. The van der Waals surface area contributed by atoms with Crippen molar-refractivity contribution in [2.45, 2.75) is 6.92 Å². The monoisotopic (exact) mass is 377 g/mol. The Labute approximate surface area is 170 Å². The Balaban J connectivity index is 2.08. The maximum absolute atomic E-state index is 5.61. The minimum absolute atomic E-state index is 0.941. The van der Waals surface area contributed by atoms with Crippen molar-refractivity contribution in [3.8, 4) is 0 Å². The van der Waals surface area contributed by atoms with Gasteiger partial charge in [0, 0.05) is 22.5 Å². The van der Waals surface area contributed by atoms with Gasteiger partial charge in [0.15, 0.2) is 0 Å². The number of nitrogens with two attached hydrogens (primary N) is 1. The van der Waals surface area contributed by atoms with Crippen LogP contribution >= 0.6 is 0 Å². The van der Waals surface area contributed by atoms with Crippen molar-refractivity contribution in [2.75, 3.05) is 4.90 Å². The standard InChI is InChI=1S/C26H23N3/c1-19-13-15-21(16-14-19)29(25-11-3-7-20(2)22(25)8-5-17-27)26-12-4-10-24-23(26)9-6-18-28-24/h3-18H,2,27H2,1H3/b17-5-,22-8+. The summed E-state index contributed by atoms with van der Waals surface area (Å²) in [5.74, 6) is 0. The van der Waals surface area contributed by atoms with Crippen LogP contribution in [0.25, 0.3) is 23.6 Å². The molecule has 0 aliphatic heterocycles. The number of fused-ring (bicyclic) bond motifs is 1. The third-order valence-corrected chi connectivity index (χ3v) is 4.94. The molecule has 2 N–H and O–H groups in total. The summed E-state index contributed by atoms with van der Waals surface area (Å²) in [4.78, 5) is 6.80. The fourth-order valence-corrected chi connectivity index (χ4v) is 3.52. The molecule has 0 amide bonds.